The maximum atomic E-state index is 13.0. The summed E-state index contributed by atoms with van der Waals surface area (Å²) >= 11 is 6.04. The Bertz CT molecular complexity index is 1150. The van der Waals surface area contributed by atoms with Crippen LogP contribution in [-0.2, 0) is 21.4 Å². The third-order valence-corrected chi connectivity index (χ3v) is 6.18. The number of halogens is 1. The summed E-state index contributed by atoms with van der Waals surface area (Å²) in [6.07, 6.45) is 1.35. The molecule has 0 fully saturated rings. The number of hydrogen-bond donors (Lipinski definition) is 1. The number of anilines is 2. The minimum Gasteiger partial charge on any atom is -0.489 e. The molecular weight excluding hydrogens is 448 g/mol. The van der Waals surface area contributed by atoms with E-state index in [9.17, 15) is 13.2 Å². The zero-order valence-electron chi connectivity index (χ0n) is 17.9. The van der Waals surface area contributed by atoms with Gasteiger partial charge in [-0.05, 0) is 54.4 Å². The molecule has 3 aromatic carbocycles. The molecule has 0 saturated heterocycles. The van der Waals surface area contributed by atoms with Crippen molar-refractivity contribution in [2.45, 2.75) is 26.0 Å². The first-order chi connectivity index (χ1) is 15.3. The summed E-state index contributed by atoms with van der Waals surface area (Å²) in [5.74, 6) is 0.228. The van der Waals surface area contributed by atoms with Gasteiger partial charge in [-0.25, -0.2) is 8.42 Å². The van der Waals surface area contributed by atoms with Crippen molar-refractivity contribution in [3.05, 3.63) is 89.4 Å². The van der Waals surface area contributed by atoms with Crippen molar-refractivity contribution in [3.63, 3.8) is 0 Å². The van der Waals surface area contributed by atoms with E-state index in [1.54, 1.807) is 49.4 Å². The van der Waals surface area contributed by atoms with E-state index in [0.29, 0.717) is 28.8 Å². The lowest BCUT2D eigenvalue weighted by molar-refractivity contribution is -0.117. The molecule has 0 radical (unpaired) electrons. The molecule has 32 heavy (non-hydrogen) atoms. The first-order valence-electron chi connectivity index (χ1n) is 10.1. The van der Waals surface area contributed by atoms with E-state index in [0.717, 1.165) is 16.1 Å². The van der Waals surface area contributed by atoms with E-state index >= 15 is 0 Å². The second kappa shape index (κ2) is 10.5. The van der Waals surface area contributed by atoms with Gasteiger partial charge >= 0.3 is 0 Å². The second-order valence-electron chi connectivity index (χ2n) is 7.25. The van der Waals surface area contributed by atoms with Crippen LogP contribution in [0, 0.1) is 0 Å². The predicted molar refractivity (Wildman–Crippen MR) is 129 cm³/mol. The number of nitrogens with zero attached hydrogens (tertiary/aromatic N) is 1. The number of benzene rings is 3. The van der Waals surface area contributed by atoms with Gasteiger partial charge in [-0.1, -0.05) is 54.9 Å². The van der Waals surface area contributed by atoms with Crippen LogP contribution in [0.1, 0.15) is 18.9 Å². The maximum absolute atomic E-state index is 13.0. The summed E-state index contributed by atoms with van der Waals surface area (Å²) in [5.41, 5.74) is 1.93. The molecule has 0 aromatic heterocycles. The number of carbonyl (C=O) groups is 1. The Morgan fingerprint density at radius 2 is 1.72 bits per heavy atom. The van der Waals surface area contributed by atoms with Crippen molar-refractivity contribution in [1.82, 2.24) is 0 Å². The zero-order valence-corrected chi connectivity index (χ0v) is 19.4. The monoisotopic (exact) mass is 472 g/mol. The van der Waals surface area contributed by atoms with Gasteiger partial charge in [0.15, 0.2) is 0 Å². The van der Waals surface area contributed by atoms with E-state index in [1.165, 1.54) is 6.07 Å². The minimum atomic E-state index is -3.73. The molecule has 0 saturated carbocycles. The Hall–Kier alpha value is -3.03. The van der Waals surface area contributed by atoms with Crippen LogP contribution in [0.4, 0.5) is 11.4 Å². The molecule has 1 N–H and O–H groups in total. The van der Waals surface area contributed by atoms with Crippen LogP contribution in [0.15, 0.2) is 78.9 Å². The van der Waals surface area contributed by atoms with Gasteiger partial charge < -0.3 is 10.1 Å². The molecule has 0 aliphatic carbocycles. The lowest BCUT2D eigenvalue weighted by Gasteiger charge is -2.30. The van der Waals surface area contributed by atoms with Gasteiger partial charge in [0.2, 0.25) is 15.9 Å². The molecule has 1 atom stereocenters. The van der Waals surface area contributed by atoms with Crippen molar-refractivity contribution < 1.29 is 17.9 Å². The standard InChI is InChI=1S/C24H25ClN2O4S/c1-3-23(27(32(2,29)30)21-11-7-10-19(25)16-21)24(28)26-20-12-14-22(15-13-20)31-17-18-8-5-4-6-9-18/h4-16,23H,3,17H2,1-2H3,(H,26,28)/t23-/m1/s1. The number of hydrogen-bond acceptors (Lipinski definition) is 4. The predicted octanol–water partition coefficient (Wildman–Crippen LogP) is 5.10. The summed E-state index contributed by atoms with van der Waals surface area (Å²) in [4.78, 5) is 13.0. The molecular formula is C24H25ClN2O4S. The highest BCUT2D eigenvalue weighted by Gasteiger charge is 2.31. The third kappa shape index (κ3) is 6.24. The van der Waals surface area contributed by atoms with Crippen LogP contribution in [-0.4, -0.2) is 26.6 Å². The van der Waals surface area contributed by atoms with E-state index in [4.69, 9.17) is 16.3 Å². The fourth-order valence-corrected chi connectivity index (χ4v) is 4.66. The van der Waals surface area contributed by atoms with Crippen LogP contribution >= 0.6 is 11.6 Å². The molecule has 0 spiro atoms. The molecule has 1 amide bonds. The van der Waals surface area contributed by atoms with Gasteiger partial charge in [0, 0.05) is 10.7 Å². The third-order valence-electron chi connectivity index (χ3n) is 4.76. The molecule has 6 nitrogen and oxygen atoms in total. The highest BCUT2D eigenvalue weighted by molar-refractivity contribution is 7.92. The lowest BCUT2D eigenvalue weighted by Crippen LogP contribution is -2.47. The zero-order chi connectivity index (χ0) is 23.1. The lowest BCUT2D eigenvalue weighted by atomic mass is 10.1. The second-order valence-corrected chi connectivity index (χ2v) is 9.55. The molecule has 0 unspecified atom stereocenters. The van der Waals surface area contributed by atoms with Crippen LogP contribution in [0.5, 0.6) is 5.75 Å². The maximum Gasteiger partial charge on any atom is 0.248 e. The number of nitrogens with one attached hydrogen (secondary N) is 1. The van der Waals surface area contributed by atoms with Crippen molar-refractivity contribution in [3.8, 4) is 5.75 Å². The quantitative estimate of drug-likeness (QED) is 0.470. The number of carbonyl (C=O) groups excluding carboxylic acids is 1. The minimum absolute atomic E-state index is 0.281. The topological polar surface area (TPSA) is 75.7 Å². The first-order valence-corrected chi connectivity index (χ1v) is 12.3. The molecule has 0 aliphatic rings. The van der Waals surface area contributed by atoms with Crippen molar-refractivity contribution in [2.75, 3.05) is 15.9 Å². The van der Waals surface area contributed by atoms with E-state index in [1.807, 2.05) is 30.3 Å². The summed E-state index contributed by atoms with van der Waals surface area (Å²) < 4.78 is 31.9. The summed E-state index contributed by atoms with van der Waals surface area (Å²) in [6, 6.07) is 22.2. The Kier molecular flexibility index (Phi) is 7.77. The fraction of sp³-hybridized carbons (Fsp3) is 0.208. The van der Waals surface area contributed by atoms with Gasteiger partial charge in [-0.2, -0.15) is 0 Å². The Labute approximate surface area is 193 Å². The van der Waals surface area contributed by atoms with E-state index in [2.05, 4.69) is 5.32 Å². The SMILES string of the molecule is CC[C@H](C(=O)Nc1ccc(OCc2ccccc2)cc1)N(c1cccc(Cl)c1)S(C)(=O)=O. The van der Waals surface area contributed by atoms with Gasteiger partial charge in [0.05, 0.1) is 11.9 Å². The van der Waals surface area contributed by atoms with Gasteiger partial charge in [-0.15, -0.1) is 0 Å². The van der Waals surface area contributed by atoms with Gasteiger partial charge in [-0.3, -0.25) is 9.10 Å². The summed E-state index contributed by atoms with van der Waals surface area (Å²) in [7, 11) is -3.73. The normalized spacial score (nSPS) is 12.1. The molecule has 0 bridgehead atoms. The van der Waals surface area contributed by atoms with Crippen LogP contribution in [0.2, 0.25) is 5.02 Å². The molecule has 0 heterocycles. The van der Waals surface area contributed by atoms with Crippen LogP contribution in [0.3, 0.4) is 0 Å². The highest BCUT2D eigenvalue weighted by atomic mass is 35.5. The fourth-order valence-electron chi connectivity index (χ4n) is 3.27. The molecule has 0 aliphatic heterocycles. The van der Waals surface area contributed by atoms with Crippen molar-refractivity contribution >= 4 is 38.9 Å². The summed E-state index contributed by atoms with van der Waals surface area (Å²) in [5, 5.41) is 3.18. The number of amides is 1. The number of sulfonamides is 1. The Balaban J connectivity index is 1.72. The Morgan fingerprint density at radius 3 is 2.31 bits per heavy atom. The molecule has 8 heteroatoms. The molecule has 168 valence electrons. The average Bonchev–Trinajstić information content (AvgIpc) is 2.76. The van der Waals surface area contributed by atoms with E-state index in [-0.39, 0.29) is 6.42 Å². The highest BCUT2D eigenvalue weighted by Crippen LogP contribution is 2.26. The number of ether oxygens (including phenoxy) is 1. The number of rotatable bonds is 9. The molecule has 3 rings (SSSR count). The van der Waals surface area contributed by atoms with Gasteiger partial charge in [0.1, 0.15) is 18.4 Å². The largest absolute Gasteiger partial charge is 0.489 e. The van der Waals surface area contributed by atoms with Crippen LogP contribution < -0.4 is 14.4 Å². The smallest absolute Gasteiger partial charge is 0.248 e. The average molecular weight is 473 g/mol. The summed E-state index contributed by atoms with van der Waals surface area (Å²) in [6.45, 7) is 2.20. The van der Waals surface area contributed by atoms with Crippen LogP contribution in [0.25, 0.3) is 0 Å². The van der Waals surface area contributed by atoms with E-state index < -0.39 is 22.0 Å². The first kappa shape index (κ1) is 23.6. The van der Waals surface area contributed by atoms with Gasteiger partial charge in [0.25, 0.3) is 0 Å². The van der Waals surface area contributed by atoms with Crippen molar-refractivity contribution in [2.24, 2.45) is 0 Å². The molecule has 3 aromatic rings. The Morgan fingerprint density at radius 1 is 1.03 bits per heavy atom. The van der Waals surface area contributed by atoms with Crippen molar-refractivity contribution in [1.29, 1.82) is 0 Å².